The topological polar surface area (TPSA) is 54.3 Å². The molecule has 6 nitrogen and oxygen atoms in total. The molecule has 1 aliphatic rings. The van der Waals surface area contributed by atoms with Gasteiger partial charge in [0.25, 0.3) is 5.91 Å². The number of thiazole rings is 1. The van der Waals surface area contributed by atoms with E-state index in [1.54, 1.807) is 16.2 Å². The molecule has 0 radical (unpaired) electrons. The fourth-order valence-corrected chi connectivity index (χ4v) is 5.34. The monoisotopic (exact) mass is 483 g/mol. The summed E-state index contributed by atoms with van der Waals surface area (Å²) in [6, 6.07) is 12.3. The van der Waals surface area contributed by atoms with Crippen molar-refractivity contribution in [2.45, 2.75) is 20.3 Å². The predicted molar refractivity (Wildman–Crippen MR) is 130 cm³/mol. The Balaban J connectivity index is 1.37. The minimum absolute atomic E-state index is 0.0372. The molecule has 2 aromatic heterocycles. The number of carbonyl (C=O) groups is 1. The molecule has 0 N–H and O–H groups in total. The van der Waals surface area contributed by atoms with Gasteiger partial charge in [-0.1, -0.05) is 35.1 Å². The number of hydrogen-bond donors (Lipinski definition) is 0. The highest BCUT2D eigenvalue weighted by Gasteiger charge is 2.24. The third-order valence-electron chi connectivity index (χ3n) is 5.84. The third kappa shape index (κ3) is 4.20. The number of nitrogens with zero attached hydrogens (tertiary/aromatic N) is 5. The van der Waals surface area contributed by atoms with Crippen molar-refractivity contribution in [1.29, 1.82) is 0 Å². The van der Waals surface area contributed by atoms with Gasteiger partial charge in [0.05, 0.1) is 21.1 Å². The maximum absolute atomic E-state index is 13.5. The van der Waals surface area contributed by atoms with E-state index in [4.69, 9.17) is 21.7 Å². The van der Waals surface area contributed by atoms with Crippen molar-refractivity contribution in [3.8, 4) is 5.69 Å². The summed E-state index contributed by atoms with van der Waals surface area (Å²) in [6.45, 7) is 6.74. The van der Waals surface area contributed by atoms with Gasteiger partial charge in [0, 0.05) is 31.7 Å². The number of fused-ring (bicyclic) bond motifs is 1. The summed E-state index contributed by atoms with van der Waals surface area (Å²) in [4.78, 5) is 21.9. The van der Waals surface area contributed by atoms with Crippen LogP contribution in [0.3, 0.4) is 0 Å². The van der Waals surface area contributed by atoms with Gasteiger partial charge in [0.2, 0.25) is 0 Å². The number of benzene rings is 2. The van der Waals surface area contributed by atoms with Gasteiger partial charge in [0.15, 0.2) is 10.8 Å². The second kappa shape index (κ2) is 8.76. The number of carbonyl (C=O) groups excluding carboxylic acids is 1. The van der Waals surface area contributed by atoms with Crippen LogP contribution in [0.25, 0.3) is 16.0 Å². The first-order chi connectivity index (χ1) is 15.9. The van der Waals surface area contributed by atoms with Crippen LogP contribution in [0.2, 0.25) is 5.02 Å². The zero-order valence-electron chi connectivity index (χ0n) is 18.4. The number of rotatable bonds is 3. The Bertz CT molecular complexity index is 1350. The SMILES string of the molecule is Cc1cccc(-n2nc(C)c3sc(N4CCCN(C(=O)c5ccc(F)c(Cl)c5)CC4)nc32)c1. The molecule has 4 aromatic rings. The lowest BCUT2D eigenvalue weighted by molar-refractivity contribution is 0.0767. The lowest BCUT2D eigenvalue weighted by atomic mass is 10.2. The van der Waals surface area contributed by atoms with E-state index in [-0.39, 0.29) is 10.9 Å². The van der Waals surface area contributed by atoms with Crippen LogP contribution in [0.5, 0.6) is 0 Å². The minimum Gasteiger partial charge on any atom is -0.346 e. The molecular formula is C24H23ClFN5OS. The molecule has 0 aliphatic carbocycles. The molecule has 1 aliphatic heterocycles. The molecule has 2 aromatic carbocycles. The molecule has 5 rings (SSSR count). The first kappa shape index (κ1) is 21.9. The standard InChI is InChI=1S/C24H23ClFN5OS/c1-15-5-3-6-18(13-15)31-22-21(16(2)28-31)33-24(27-22)30-10-4-9-29(11-12-30)23(32)17-7-8-20(26)19(25)14-17/h3,5-8,13-14H,4,9-12H2,1-2H3. The molecule has 9 heteroatoms. The smallest absolute Gasteiger partial charge is 0.253 e. The lowest BCUT2D eigenvalue weighted by Gasteiger charge is -2.22. The van der Waals surface area contributed by atoms with Crippen molar-refractivity contribution >= 4 is 44.3 Å². The number of halogens is 2. The Labute approximate surface area is 200 Å². The molecule has 33 heavy (non-hydrogen) atoms. The molecule has 1 fully saturated rings. The highest BCUT2D eigenvalue weighted by atomic mass is 35.5. The largest absolute Gasteiger partial charge is 0.346 e. The first-order valence-electron chi connectivity index (χ1n) is 10.8. The Kier molecular flexibility index (Phi) is 5.80. The van der Waals surface area contributed by atoms with Gasteiger partial charge in [-0.2, -0.15) is 10.1 Å². The molecule has 1 amide bonds. The van der Waals surface area contributed by atoms with E-state index in [9.17, 15) is 9.18 Å². The quantitative estimate of drug-likeness (QED) is 0.399. The maximum Gasteiger partial charge on any atom is 0.253 e. The second-order valence-electron chi connectivity index (χ2n) is 8.25. The number of anilines is 1. The summed E-state index contributed by atoms with van der Waals surface area (Å²) in [5.41, 5.74) is 4.38. The van der Waals surface area contributed by atoms with Crippen LogP contribution in [0.15, 0.2) is 42.5 Å². The van der Waals surface area contributed by atoms with E-state index in [1.165, 1.54) is 23.8 Å². The van der Waals surface area contributed by atoms with Crippen molar-refractivity contribution in [2.75, 3.05) is 31.1 Å². The Hall–Kier alpha value is -2.97. The first-order valence-corrected chi connectivity index (χ1v) is 12.0. The number of aromatic nitrogens is 3. The van der Waals surface area contributed by atoms with Crippen molar-refractivity contribution in [3.63, 3.8) is 0 Å². The van der Waals surface area contributed by atoms with Gasteiger partial charge in [0.1, 0.15) is 5.82 Å². The molecule has 0 bridgehead atoms. The number of amides is 1. The van der Waals surface area contributed by atoms with Crippen LogP contribution in [0.4, 0.5) is 9.52 Å². The number of aryl methyl sites for hydroxylation is 2. The van der Waals surface area contributed by atoms with Gasteiger partial charge in [-0.25, -0.2) is 9.07 Å². The van der Waals surface area contributed by atoms with E-state index in [0.29, 0.717) is 25.2 Å². The van der Waals surface area contributed by atoms with Crippen molar-refractivity contribution in [2.24, 2.45) is 0 Å². The molecule has 170 valence electrons. The Morgan fingerprint density at radius 1 is 1.09 bits per heavy atom. The zero-order valence-corrected chi connectivity index (χ0v) is 20.0. The zero-order chi connectivity index (χ0) is 23.1. The van der Waals surface area contributed by atoms with Gasteiger partial charge in [-0.05, 0) is 56.2 Å². The summed E-state index contributed by atoms with van der Waals surface area (Å²) in [7, 11) is 0. The summed E-state index contributed by atoms with van der Waals surface area (Å²) in [5, 5.41) is 5.60. The Morgan fingerprint density at radius 3 is 2.73 bits per heavy atom. The normalized spacial score (nSPS) is 14.7. The summed E-state index contributed by atoms with van der Waals surface area (Å²) >= 11 is 7.51. The van der Waals surface area contributed by atoms with Crippen molar-refractivity contribution in [3.05, 3.63) is 70.1 Å². The maximum atomic E-state index is 13.5. The summed E-state index contributed by atoms with van der Waals surface area (Å²) in [6.07, 6.45) is 0.819. The van der Waals surface area contributed by atoms with Crippen LogP contribution in [-0.4, -0.2) is 51.8 Å². The lowest BCUT2D eigenvalue weighted by Crippen LogP contribution is -2.35. The fourth-order valence-electron chi connectivity index (χ4n) is 4.12. The van der Waals surface area contributed by atoms with E-state index in [1.807, 2.05) is 23.7 Å². The van der Waals surface area contributed by atoms with E-state index in [2.05, 4.69) is 24.0 Å². The Morgan fingerprint density at radius 2 is 1.94 bits per heavy atom. The molecule has 0 unspecified atom stereocenters. The number of hydrogen-bond acceptors (Lipinski definition) is 5. The van der Waals surface area contributed by atoms with Crippen LogP contribution in [0.1, 0.15) is 28.0 Å². The predicted octanol–water partition coefficient (Wildman–Crippen LogP) is 5.24. The molecule has 3 heterocycles. The second-order valence-corrected chi connectivity index (χ2v) is 9.63. The van der Waals surface area contributed by atoms with E-state index >= 15 is 0 Å². The minimum atomic E-state index is -0.523. The van der Waals surface area contributed by atoms with Crippen LogP contribution < -0.4 is 4.90 Å². The highest BCUT2D eigenvalue weighted by molar-refractivity contribution is 7.22. The fraction of sp³-hybridized carbons (Fsp3) is 0.292. The molecule has 1 saturated heterocycles. The summed E-state index contributed by atoms with van der Waals surface area (Å²) in [5.74, 6) is -0.653. The van der Waals surface area contributed by atoms with Crippen molar-refractivity contribution in [1.82, 2.24) is 19.7 Å². The molecule has 0 atom stereocenters. The average Bonchev–Trinajstić information content (AvgIpc) is 3.26. The van der Waals surface area contributed by atoms with Gasteiger partial charge >= 0.3 is 0 Å². The van der Waals surface area contributed by atoms with Gasteiger partial charge in [-0.3, -0.25) is 4.79 Å². The van der Waals surface area contributed by atoms with Crippen LogP contribution >= 0.6 is 22.9 Å². The van der Waals surface area contributed by atoms with Crippen molar-refractivity contribution < 1.29 is 9.18 Å². The van der Waals surface area contributed by atoms with Crippen LogP contribution in [-0.2, 0) is 0 Å². The van der Waals surface area contributed by atoms with Gasteiger partial charge in [-0.15, -0.1) is 0 Å². The van der Waals surface area contributed by atoms with E-state index in [0.717, 1.165) is 39.8 Å². The summed E-state index contributed by atoms with van der Waals surface area (Å²) < 4.78 is 16.5. The van der Waals surface area contributed by atoms with Gasteiger partial charge < -0.3 is 9.80 Å². The van der Waals surface area contributed by atoms with Crippen LogP contribution in [0, 0.1) is 19.7 Å². The molecular weight excluding hydrogens is 461 g/mol. The highest BCUT2D eigenvalue weighted by Crippen LogP contribution is 2.33. The van der Waals surface area contributed by atoms with E-state index < -0.39 is 5.82 Å². The molecule has 0 saturated carbocycles. The molecule has 0 spiro atoms. The average molecular weight is 484 g/mol. The third-order valence-corrected chi connectivity index (χ3v) is 7.35.